The van der Waals surface area contributed by atoms with Gasteiger partial charge in [-0.3, -0.25) is 0 Å². The van der Waals surface area contributed by atoms with E-state index < -0.39 is 0 Å². The predicted molar refractivity (Wildman–Crippen MR) is 102 cm³/mol. The van der Waals surface area contributed by atoms with Crippen molar-refractivity contribution in [2.75, 3.05) is 25.4 Å². The fraction of sp³-hybridized carbons (Fsp3) is 0.857. The molecule has 0 unspecified atom stereocenters. The summed E-state index contributed by atoms with van der Waals surface area (Å²) in [5, 5.41) is 0.806. The summed E-state index contributed by atoms with van der Waals surface area (Å²) in [5.41, 5.74) is 0. The third-order valence-corrected chi connectivity index (χ3v) is 0. The van der Waals surface area contributed by atoms with E-state index >= 15 is 0 Å². The number of rotatable bonds is 0. The van der Waals surface area contributed by atoms with Gasteiger partial charge >= 0.3 is 116 Å². The summed E-state index contributed by atoms with van der Waals surface area (Å²) in [6, 6.07) is 0. The Balaban J connectivity index is -0.00000000905. The Kier molecular flexibility index (Phi) is 342. The van der Waals surface area contributed by atoms with Gasteiger partial charge in [-0.15, -0.1) is 0 Å². The molecule has 0 saturated heterocycles. The van der Waals surface area contributed by atoms with E-state index in [2.05, 4.69) is 26.8 Å². The standard InChI is InChI=1S/C3H6.C2H6S.3C2H6.CH3P.CH4S.CH3.7W/c2*1-3-2;5*1-2;;;;;;;;/h2*1-2H3;3*1-2H3;1H3;2H,1H3;1H3;;;;;;;/q;;;;;;;-1;;;;;;;/p-1. The van der Waals surface area contributed by atoms with Crippen molar-refractivity contribution < 1.29 is 137 Å². The zero-order chi connectivity index (χ0) is 18.6. The van der Waals surface area contributed by atoms with Crippen molar-refractivity contribution in [2.24, 2.45) is 0 Å². The molecule has 0 heterocycles. The molecular formula is C14H39PS2W7-2. The van der Waals surface area contributed by atoms with E-state index in [0.29, 0.717) is 0 Å². The molecule has 0 aromatic carbocycles. The van der Waals surface area contributed by atoms with E-state index in [1.807, 2.05) is 54.1 Å². The van der Waals surface area contributed by atoms with Crippen molar-refractivity contribution in [1.82, 2.24) is 0 Å². The maximum atomic E-state index is 2.27. The Morgan fingerprint density at radius 1 is 0.833 bits per heavy atom. The van der Waals surface area contributed by atoms with Gasteiger partial charge in [-0.1, -0.05) is 41.5 Å². The van der Waals surface area contributed by atoms with Gasteiger partial charge in [0.15, 0.2) is 0 Å². The molecule has 0 atom stereocenters. The van der Waals surface area contributed by atoms with Gasteiger partial charge in [0.2, 0.25) is 0 Å². The summed E-state index contributed by atoms with van der Waals surface area (Å²) in [4.78, 5) is 0. The third kappa shape index (κ3) is 610. The van der Waals surface area contributed by atoms with E-state index in [-0.39, 0.29) is 70.6 Å². The largest absolute Gasteiger partial charge is 0.358 e. The summed E-state index contributed by atoms with van der Waals surface area (Å²) in [7, 11) is 0. The van der Waals surface area contributed by atoms with Crippen LogP contribution in [0.15, 0.2) is 0 Å². The van der Waals surface area contributed by atoms with E-state index in [9.17, 15) is 0 Å². The van der Waals surface area contributed by atoms with E-state index in [4.69, 9.17) is 0 Å². The molecule has 0 aliphatic carbocycles. The monoisotopic (exact) mass is 1590 g/mol. The van der Waals surface area contributed by atoms with Crippen molar-refractivity contribution in [3.05, 3.63) is 7.43 Å². The van der Waals surface area contributed by atoms with Crippen LogP contribution in [0.4, 0.5) is 0 Å². The molecule has 0 saturated carbocycles. The third-order valence-electron chi connectivity index (χ3n) is 0. The van der Waals surface area contributed by atoms with Crippen LogP contribution in [0.1, 0.15) is 55.4 Å². The van der Waals surface area contributed by atoms with Crippen LogP contribution in [-0.2, 0) is 143 Å². The molecule has 0 aliphatic rings. The quantitative estimate of drug-likeness (QED) is 0.153. The SMILES string of the molecule is CC.CC.CC.CSC.C[C](C)=[W].C[P]=[W].C[S-](=[W])=[W].[CH3-].[W].[W].[W]. The zero-order valence-corrected chi connectivity index (χ0v) is 40.7. The van der Waals surface area contributed by atoms with Gasteiger partial charge in [0, 0.05) is 63.2 Å². The first kappa shape index (κ1) is 70.0. The van der Waals surface area contributed by atoms with Crippen LogP contribution in [0.5, 0.6) is 0 Å². The Hall–Kier alpha value is 5.69. The maximum Gasteiger partial charge on any atom is 0 e. The average molecular weight is 1590 g/mol. The van der Waals surface area contributed by atoms with Crippen molar-refractivity contribution in [3.8, 4) is 0 Å². The molecule has 0 radical (unpaired) electrons. The van der Waals surface area contributed by atoms with Crippen molar-refractivity contribution in [3.63, 3.8) is 0 Å². The Morgan fingerprint density at radius 2 is 0.833 bits per heavy atom. The summed E-state index contributed by atoms with van der Waals surface area (Å²) >= 11 is 8.47. The van der Waals surface area contributed by atoms with Gasteiger partial charge in [-0.2, -0.15) is 11.8 Å². The maximum absolute atomic E-state index is 2.27. The molecule has 0 N–H and O–H groups in total. The average Bonchev–Trinajstić information content (AvgIpc) is 2.36. The summed E-state index contributed by atoms with van der Waals surface area (Å²) in [6.45, 7) is 18.4. The van der Waals surface area contributed by atoms with Crippen molar-refractivity contribution in [1.29, 1.82) is 0 Å². The fourth-order valence-corrected chi connectivity index (χ4v) is 0. The molecule has 0 amide bonds. The Labute approximate surface area is 248 Å². The minimum Gasteiger partial charge on any atom is -0.358 e. The molecule has 0 bridgehead atoms. The van der Waals surface area contributed by atoms with Gasteiger partial charge in [0.25, 0.3) is 0 Å². The van der Waals surface area contributed by atoms with Crippen LogP contribution in [0, 0.1) is 7.43 Å². The summed E-state index contributed by atoms with van der Waals surface area (Å²) < 4.78 is 1.50. The minimum absolute atomic E-state index is 0. The van der Waals surface area contributed by atoms with Crippen LogP contribution >= 0.6 is 18.0 Å². The second kappa shape index (κ2) is 117. The molecule has 10 heteroatoms. The second-order valence-electron chi connectivity index (χ2n) is 1.90. The van der Waals surface area contributed by atoms with Crippen LogP contribution in [-0.4, -0.2) is 29.3 Å². The van der Waals surface area contributed by atoms with Gasteiger partial charge in [-0.25, -0.2) is 0 Å². The number of hydrogen-bond acceptors (Lipinski definition) is 2. The van der Waals surface area contributed by atoms with Crippen LogP contribution in [0.2, 0.25) is 0 Å². The molecule has 0 aromatic rings. The molecule has 0 fully saturated rings. The van der Waals surface area contributed by atoms with Gasteiger partial charge in [-0.05, 0) is 12.5 Å². The molecule has 0 aliphatic heterocycles. The van der Waals surface area contributed by atoms with Gasteiger partial charge in [0.1, 0.15) is 0 Å². The Bertz CT molecular complexity index is 180. The molecular weight excluding hydrogens is 1550 g/mol. The van der Waals surface area contributed by atoms with Crippen LogP contribution < -0.4 is 0 Å². The molecule has 0 spiro atoms. The number of thioether (sulfide) groups is 1. The first-order valence-electron chi connectivity index (χ1n) is 6.39. The van der Waals surface area contributed by atoms with E-state index in [1.54, 1.807) is 85.9 Å². The second-order valence-corrected chi connectivity index (χ2v) is 31.4. The van der Waals surface area contributed by atoms with E-state index in [1.165, 1.54) is 10.1 Å². The Morgan fingerprint density at radius 3 is 0.833 bits per heavy atom. The normalized spacial score (nSPS) is 4.88. The molecule has 156 valence electrons. The zero-order valence-electron chi connectivity index (χ0n) is 17.6. The number of hydrogen-bond donors (Lipinski definition) is 0. The topological polar surface area (TPSA) is 0 Å². The smallest absolute Gasteiger partial charge is 0 e. The van der Waals surface area contributed by atoms with Crippen LogP contribution in [0.3, 0.4) is 0 Å². The molecule has 0 rings (SSSR count). The van der Waals surface area contributed by atoms with Crippen LogP contribution in [0.25, 0.3) is 0 Å². The first-order valence-corrected chi connectivity index (χ1v) is 23.4. The molecule has 0 aromatic heterocycles. The molecule has 24 heavy (non-hydrogen) atoms. The van der Waals surface area contributed by atoms with Crippen molar-refractivity contribution >= 4 is 27.2 Å². The van der Waals surface area contributed by atoms with Gasteiger partial charge < -0.3 is 7.43 Å². The summed E-state index contributed by atoms with van der Waals surface area (Å²) in [5.74, 6) is 0. The van der Waals surface area contributed by atoms with Gasteiger partial charge in [0.05, 0.1) is 0 Å². The molecule has 0 nitrogen and oxygen atoms in total. The minimum atomic E-state index is 0. The first-order chi connectivity index (χ1) is 9.29. The van der Waals surface area contributed by atoms with E-state index in [0.717, 1.165) is 5.28 Å². The fourth-order valence-electron chi connectivity index (χ4n) is 0. The predicted octanol–water partition coefficient (Wildman–Crippen LogP) is 6.43. The van der Waals surface area contributed by atoms with Crippen molar-refractivity contribution in [2.45, 2.75) is 55.4 Å². The summed E-state index contributed by atoms with van der Waals surface area (Å²) in [6.07, 6.45) is 7.85.